The lowest BCUT2D eigenvalue weighted by molar-refractivity contribution is 0.0992. The molecule has 1 aromatic carbocycles. The highest BCUT2D eigenvalue weighted by Crippen LogP contribution is 2.30. The minimum atomic E-state index is -0.294. The van der Waals surface area contributed by atoms with Gasteiger partial charge >= 0.3 is 0 Å². The summed E-state index contributed by atoms with van der Waals surface area (Å²) in [5.41, 5.74) is 1.80. The van der Waals surface area contributed by atoms with Gasteiger partial charge in [-0.3, -0.25) is 9.48 Å². The zero-order chi connectivity index (χ0) is 17.9. The third-order valence-electron chi connectivity index (χ3n) is 4.29. The van der Waals surface area contributed by atoms with Gasteiger partial charge in [0.1, 0.15) is 18.1 Å². The molecule has 0 bridgehead atoms. The van der Waals surface area contributed by atoms with Crippen LogP contribution in [-0.2, 0) is 13.2 Å². The summed E-state index contributed by atoms with van der Waals surface area (Å²) in [6.45, 7) is 3.20. The molecule has 6 nitrogen and oxygen atoms in total. The Morgan fingerprint density at radius 2 is 2.23 bits per heavy atom. The Labute approximate surface area is 151 Å². The topological polar surface area (TPSA) is 69.3 Å². The average molecular weight is 351 g/mol. The molecule has 2 heterocycles. The Morgan fingerprint density at radius 1 is 1.35 bits per heavy atom. The number of carbonyl (C=O) groups is 1. The van der Waals surface area contributed by atoms with Crippen molar-refractivity contribution in [2.45, 2.75) is 32.9 Å². The number of anilines is 1. The number of hydrogen-bond donors (Lipinski definition) is 1. The molecule has 26 heavy (non-hydrogen) atoms. The van der Waals surface area contributed by atoms with E-state index in [0.29, 0.717) is 11.4 Å². The van der Waals surface area contributed by atoms with Crippen LogP contribution in [0.25, 0.3) is 0 Å². The van der Waals surface area contributed by atoms with Crippen molar-refractivity contribution < 1.29 is 13.9 Å². The number of aryl methyl sites for hydroxylation is 1. The lowest BCUT2D eigenvalue weighted by atomic mass is 10.2. The van der Waals surface area contributed by atoms with Crippen molar-refractivity contribution in [2.75, 3.05) is 5.32 Å². The summed E-state index contributed by atoms with van der Waals surface area (Å²) < 4.78 is 13.1. The van der Waals surface area contributed by atoms with Crippen LogP contribution in [0.1, 0.15) is 34.7 Å². The van der Waals surface area contributed by atoms with Crippen LogP contribution in [0.2, 0.25) is 0 Å². The second-order valence-electron chi connectivity index (χ2n) is 6.72. The summed E-state index contributed by atoms with van der Waals surface area (Å²) >= 11 is 0. The van der Waals surface area contributed by atoms with Gasteiger partial charge in [0, 0.05) is 12.7 Å². The Kier molecular flexibility index (Phi) is 4.48. The number of amides is 1. The first kappa shape index (κ1) is 16.4. The van der Waals surface area contributed by atoms with E-state index in [4.69, 9.17) is 9.15 Å². The molecule has 1 fully saturated rings. The molecule has 0 unspecified atom stereocenters. The van der Waals surface area contributed by atoms with Crippen molar-refractivity contribution >= 4 is 11.6 Å². The van der Waals surface area contributed by atoms with Crippen LogP contribution in [0.15, 0.2) is 53.2 Å². The molecule has 0 spiro atoms. The van der Waals surface area contributed by atoms with E-state index in [-0.39, 0.29) is 18.3 Å². The molecule has 1 amide bonds. The number of nitrogens with one attached hydrogen (secondary N) is 1. The van der Waals surface area contributed by atoms with Crippen molar-refractivity contribution in [3.8, 4) is 5.75 Å². The van der Waals surface area contributed by atoms with E-state index < -0.39 is 0 Å². The van der Waals surface area contributed by atoms with Crippen LogP contribution in [0.5, 0.6) is 5.75 Å². The first-order chi connectivity index (χ1) is 12.7. The van der Waals surface area contributed by atoms with Gasteiger partial charge in [-0.1, -0.05) is 12.1 Å². The van der Waals surface area contributed by atoms with Crippen molar-refractivity contribution in [1.29, 1.82) is 0 Å². The Morgan fingerprint density at radius 3 is 3.04 bits per heavy atom. The third-order valence-corrected chi connectivity index (χ3v) is 4.29. The molecule has 0 saturated heterocycles. The lowest BCUT2D eigenvalue weighted by Crippen LogP contribution is -2.10. The lowest BCUT2D eigenvalue weighted by Gasteiger charge is -2.04. The van der Waals surface area contributed by atoms with Gasteiger partial charge in [-0.05, 0) is 55.5 Å². The molecule has 0 aliphatic heterocycles. The number of nitrogens with zero attached hydrogens (tertiary/aromatic N) is 2. The molecular formula is C20H21N3O3. The van der Waals surface area contributed by atoms with E-state index in [1.165, 1.54) is 12.8 Å². The average Bonchev–Trinajstić information content (AvgIpc) is 3.13. The Balaban J connectivity index is 1.33. The molecule has 4 rings (SSSR count). The van der Waals surface area contributed by atoms with Crippen LogP contribution < -0.4 is 10.1 Å². The smallest absolute Gasteiger partial charge is 0.291 e. The largest absolute Gasteiger partial charge is 0.486 e. The number of rotatable bonds is 7. The second-order valence-corrected chi connectivity index (χ2v) is 6.72. The minimum Gasteiger partial charge on any atom is -0.486 e. The summed E-state index contributed by atoms with van der Waals surface area (Å²) in [6, 6.07) is 11.2. The number of benzene rings is 1. The molecule has 134 valence electrons. The van der Waals surface area contributed by atoms with E-state index in [1.54, 1.807) is 18.3 Å². The van der Waals surface area contributed by atoms with Gasteiger partial charge in [0.15, 0.2) is 5.76 Å². The number of aromatic nitrogens is 2. The van der Waals surface area contributed by atoms with Crippen LogP contribution in [-0.4, -0.2) is 15.7 Å². The zero-order valence-corrected chi connectivity index (χ0v) is 14.6. The standard InChI is InChI=1S/C20H21N3O3/c1-14-3-2-4-17(9-14)25-13-18-7-8-19(26-18)20(24)22-16-10-21-23(12-16)11-15-5-6-15/h2-4,7-10,12,15H,5-6,11,13H2,1H3,(H,22,24). The van der Waals surface area contributed by atoms with E-state index in [1.807, 2.05) is 42.1 Å². The molecule has 1 saturated carbocycles. The highest BCUT2D eigenvalue weighted by Gasteiger charge is 2.22. The zero-order valence-electron chi connectivity index (χ0n) is 14.6. The van der Waals surface area contributed by atoms with Gasteiger partial charge in [0.25, 0.3) is 5.91 Å². The first-order valence-electron chi connectivity index (χ1n) is 8.78. The fourth-order valence-electron chi connectivity index (χ4n) is 2.72. The van der Waals surface area contributed by atoms with E-state index in [0.717, 1.165) is 23.8 Å². The maximum Gasteiger partial charge on any atom is 0.291 e. The third kappa shape index (κ3) is 4.14. The molecule has 0 atom stereocenters. The van der Waals surface area contributed by atoms with Gasteiger partial charge in [-0.15, -0.1) is 0 Å². The molecule has 2 aromatic heterocycles. The van der Waals surface area contributed by atoms with Crippen molar-refractivity contribution in [2.24, 2.45) is 5.92 Å². The predicted octanol–water partition coefficient (Wildman–Crippen LogP) is 4.03. The molecule has 1 aliphatic rings. The summed E-state index contributed by atoms with van der Waals surface area (Å²) in [6.07, 6.45) is 6.04. The predicted molar refractivity (Wildman–Crippen MR) is 97.1 cm³/mol. The van der Waals surface area contributed by atoms with Gasteiger partial charge in [-0.2, -0.15) is 5.10 Å². The number of carbonyl (C=O) groups excluding carboxylic acids is 1. The van der Waals surface area contributed by atoms with Crippen molar-refractivity contribution in [3.05, 3.63) is 65.9 Å². The number of hydrogen-bond acceptors (Lipinski definition) is 4. The van der Waals surface area contributed by atoms with Crippen molar-refractivity contribution in [3.63, 3.8) is 0 Å². The van der Waals surface area contributed by atoms with Crippen LogP contribution in [0, 0.1) is 12.8 Å². The van der Waals surface area contributed by atoms with Crippen LogP contribution >= 0.6 is 0 Å². The maximum absolute atomic E-state index is 12.3. The Hall–Kier alpha value is -3.02. The van der Waals surface area contributed by atoms with E-state index in [9.17, 15) is 4.79 Å². The fourth-order valence-corrected chi connectivity index (χ4v) is 2.72. The SMILES string of the molecule is Cc1cccc(OCc2ccc(C(=O)Nc3cnn(CC4CC4)c3)o2)c1. The van der Waals surface area contributed by atoms with Crippen LogP contribution in [0.4, 0.5) is 5.69 Å². The number of furan rings is 1. The van der Waals surface area contributed by atoms with Gasteiger partial charge in [0.2, 0.25) is 0 Å². The van der Waals surface area contributed by atoms with Crippen LogP contribution in [0.3, 0.4) is 0 Å². The summed E-state index contributed by atoms with van der Waals surface area (Å²) in [5, 5.41) is 7.08. The number of ether oxygens (including phenoxy) is 1. The molecule has 1 N–H and O–H groups in total. The molecule has 6 heteroatoms. The Bertz CT molecular complexity index is 908. The molecular weight excluding hydrogens is 330 g/mol. The first-order valence-corrected chi connectivity index (χ1v) is 8.78. The van der Waals surface area contributed by atoms with Gasteiger partial charge in [0.05, 0.1) is 11.9 Å². The summed E-state index contributed by atoms with van der Waals surface area (Å²) in [7, 11) is 0. The summed E-state index contributed by atoms with van der Waals surface area (Å²) in [5.74, 6) is 2.07. The minimum absolute atomic E-state index is 0.253. The fraction of sp³-hybridized carbons (Fsp3) is 0.300. The summed E-state index contributed by atoms with van der Waals surface area (Å²) in [4.78, 5) is 12.3. The quantitative estimate of drug-likeness (QED) is 0.698. The van der Waals surface area contributed by atoms with E-state index >= 15 is 0 Å². The highest BCUT2D eigenvalue weighted by atomic mass is 16.5. The van der Waals surface area contributed by atoms with E-state index in [2.05, 4.69) is 10.4 Å². The molecule has 1 aliphatic carbocycles. The second kappa shape index (κ2) is 7.07. The maximum atomic E-state index is 12.3. The van der Waals surface area contributed by atoms with Gasteiger partial charge < -0.3 is 14.5 Å². The monoisotopic (exact) mass is 351 g/mol. The molecule has 3 aromatic rings. The van der Waals surface area contributed by atoms with Gasteiger partial charge in [-0.25, -0.2) is 0 Å². The highest BCUT2D eigenvalue weighted by molar-refractivity contribution is 6.02. The molecule has 0 radical (unpaired) electrons. The van der Waals surface area contributed by atoms with Crippen molar-refractivity contribution in [1.82, 2.24) is 9.78 Å². The normalized spacial score (nSPS) is 13.6.